The Morgan fingerprint density at radius 2 is 1.77 bits per heavy atom. The number of anilines is 1. The number of alkyl halides is 3. The Balaban J connectivity index is 0.00000103. The number of carboxylic acid groups (broad SMARTS) is 1. The van der Waals surface area contributed by atoms with Crippen LogP contribution < -0.4 is 21.1 Å². The van der Waals surface area contributed by atoms with Crippen molar-refractivity contribution in [3.05, 3.63) is 36.4 Å². The molecule has 30 heavy (non-hydrogen) atoms. The number of hydrogen-bond acceptors (Lipinski definition) is 5. The van der Waals surface area contributed by atoms with E-state index < -0.39 is 18.2 Å². The molecule has 11 heteroatoms. The lowest BCUT2D eigenvalue weighted by molar-refractivity contribution is -0.192. The van der Waals surface area contributed by atoms with Crippen LogP contribution in [0.25, 0.3) is 0 Å². The first-order chi connectivity index (χ1) is 13.9. The molecule has 0 spiro atoms. The number of methoxy groups -OCH3 is 1. The van der Waals surface area contributed by atoms with Gasteiger partial charge in [-0.3, -0.25) is 9.59 Å². The summed E-state index contributed by atoms with van der Waals surface area (Å²) in [7, 11) is 1.58. The minimum atomic E-state index is -5.08. The fourth-order valence-electron chi connectivity index (χ4n) is 1.90. The Morgan fingerprint density at radius 3 is 2.17 bits per heavy atom. The highest BCUT2D eigenvalue weighted by molar-refractivity contribution is 5.99. The van der Waals surface area contributed by atoms with Gasteiger partial charge >= 0.3 is 12.1 Å². The Bertz CT molecular complexity index is 719. The molecule has 2 amide bonds. The van der Waals surface area contributed by atoms with Crippen molar-refractivity contribution in [3.8, 4) is 5.75 Å². The number of rotatable bonds is 8. The third kappa shape index (κ3) is 11.7. The maximum absolute atomic E-state index is 11.9. The van der Waals surface area contributed by atoms with Crippen LogP contribution >= 0.6 is 0 Å². The number of ether oxygens (including phenoxy) is 1. The van der Waals surface area contributed by atoms with Gasteiger partial charge in [-0.1, -0.05) is 19.4 Å². The lowest BCUT2D eigenvalue weighted by Gasteiger charge is -2.15. The van der Waals surface area contributed by atoms with E-state index in [1.165, 1.54) is 6.08 Å². The minimum absolute atomic E-state index is 0.208. The molecular weight excluding hydrogens is 407 g/mol. The molecule has 0 saturated heterocycles. The van der Waals surface area contributed by atoms with Crippen molar-refractivity contribution in [3.63, 3.8) is 0 Å². The van der Waals surface area contributed by atoms with E-state index in [9.17, 15) is 22.8 Å². The highest BCUT2D eigenvalue weighted by atomic mass is 19.4. The number of nitrogens with two attached hydrogens (primary N) is 1. The van der Waals surface area contributed by atoms with E-state index >= 15 is 0 Å². The molecule has 1 aromatic carbocycles. The molecule has 1 aromatic rings. The third-order valence-electron chi connectivity index (χ3n) is 3.42. The molecule has 168 valence electrons. The molecule has 2 atom stereocenters. The Labute approximate surface area is 172 Å². The monoisotopic (exact) mass is 433 g/mol. The van der Waals surface area contributed by atoms with Gasteiger partial charge in [0.05, 0.1) is 13.2 Å². The number of aliphatic carboxylic acids is 1. The molecule has 0 aliphatic heterocycles. The second-order valence-electron chi connectivity index (χ2n) is 6.07. The zero-order valence-electron chi connectivity index (χ0n) is 16.8. The first-order valence-electron chi connectivity index (χ1n) is 8.90. The summed E-state index contributed by atoms with van der Waals surface area (Å²) in [5.41, 5.74) is 6.21. The number of carbonyl (C=O) groups excluding carboxylic acids is 2. The summed E-state index contributed by atoms with van der Waals surface area (Å²) >= 11 is 0. The number of benzene rings is 1. The van der Waals surface area contributed by atoms with E-state index in [0.717, 1.165) is 18.6 Å². The molecule has 8 nitrogen and oxygen atoms in total. The SMILES string of the molecule is CCC[C@@H](/C=C/C(=O)Nc1ccc(OC)cc1)NC(=O)[C@H](C)N.O=C(O)C(F)(F)F. The predicted octanol–water partition coefficient (Wildman–Crippen LogP) is 2.46. The lowest BCUT2D eigenvalue weighted by Crippen LogP contribution is -2.43. The van der Waals surface area contributed by atoms with Crippen molar-refractivity contribution in [2.24, 2.45) is 5.73 Å². The molecule has 0 radical (unpaired) electrons. The standard InChI is InChI=1S/C17H25N3O3.C2HF3O2/c1-4-5-13(20-17(22)12(2)18)8-11-16(21)19-14-6-9-15(23-3)10-7-14;3-2(4,5)1(6)7/h6-13H,4-5,18H2,1-3H3,(H,19,21)(H,20,22);(H,6,7)/b11-8+;/t12-,13-;/m0./s1. The zero-order valence-corrected chi connectivity index (χ0v) is 16.8. The number of carboxylic acids is 1. The van der Waals surface area contributed by atoms with Crippen LogP contribution in [0.1, 0.15) is 26.7 Å². The summed E-state index contributed by atoms with van der Waals surface area (Å²) < 4.78 is 36.8. The van der Waals surface area contributed by atoms with Gasteiger partial charge in [0.25, 0.3) is 0 Å². The van der Waals surface area contributed by atoms with Crippen LogP contribution in [-0.4, -0.2) is 48.3 Å². The van der Waals surface area contributed by atoms with Gasteiger partial charge in [-0.25, -0.2) is 4.79 Å². The summed E-state index contributed by atoms with van der Waals surface area (Å²) in [6.07, 6.45) is -0.353. The van der Waals surface area contributed by atoms with Crippen LogP contribution in [-0.2, 0) is 14.4 Å². The van der Waals surface area contributed by atoms with E-state index in [4.69, 9.17) is 20.4 Å². The van der Waals surface area contributed by atoms with Gasteiger partial charge in [0.1, 0.15) is 5.75 Å². The predicted molar refractivity (Wildman–Crippen MR) is 105 cm³/mol. The molecular formula is C19H26F3N3O5. The van der Waals surface area contributed by atoms with Gasteiger partial charge in [-0.2, -0.15) is 13.2 Å². The van der Waals surface area contributed by atoms with Crippen LogP contribution in [0, 0.1) is 0 Å². The second kappa shape index (κ2) is 13.2. The Hall–Kier alpha value is -3.08. The van der Waals surface area contributed by atoms with Crippen molar-refractivity contribution in [1.29, 1.82) is 0 Å². The van der Waals surface area contributed by atoms with Gasteiger partial charge < -0.3 is 26.2 Å². The largest absolute Gasteiger partial charge is 0.497 e. The van der Waals surface area contributed by atoms with Gasteiger partial charge in [0.2, 0.25) is 11.8 Å². The van der Waals surface area contributed by atoms with Crippen molar-refractivity contribution in [1.82, 2.24) is 5.32 Å². The van der Waals surface area contributed by atoms with Crippen LogP contribution in [0.3, 0.4) is 0 Å². The summed E-state index contributed by atoms with van der Waals surface area (Å²) in [5, 5.41) is 12.7. The van der Waals surface area contributed by atoms with E-state index in [1.807, 2.05) is 6.92 Å². The second-order valence-corrected chi connectivity index (χ2v) is 6.07. The third-order valence-corrected chi connectivity index (χ3v) is 3.42. The maximum Gasteiger partial charge on any atom is 0.490 e. The van der Waals surface area contributed by atoms with Crippen molar-refractivity contribution in [2.75, 3.05) is 12.4 Å². The zero-order chi connectivity index (χ0) is 23.3. The average Bonchev–Trinajstić information content (AvgIpc) is 2.66. The van der Waals surface area contributed by atoms with Crippen molar-refractivity contribution in [2.45, 2.75) is 44.9 Å². The lowest BCUT2D eigenvalue weighted by atomic mass is 10.1. The van der Waals surface area contributed by atoms with Crippen LogP contribution in [0.2, 0.25) is 0 Å². The Morgan fingerprint density at radius 1 is 1.23 bits per heavy atom. The molecule has 1 rings (SSSR count). The van der Waals surface area contributed by atoms with E-state index in [0.29, 0.717) is 5.69 Å². The molecule has 0 heterocycles. The van der Waals surface area contributed by atoms with Gasteiger partial charge in [-0.05, 0) is 37.6 Å². The molecule has 0 aliphatic rings. The Kier molecular flexibility index (Phi) is 11.8. The van der Waals surface area contributed by atoms with E-state index in [-0.39, 0.29) is 17.9 Å². The molecule has 0 unspecified atom stereocenters. The van der Waals surface area contributed by atoms with Crippen LogP contribution in [0.4, 0.5) is 18.9 Å². The van der Waals surface area contributed by atoms with Crippen molar-refractivity contribution >= 4 is 23.5 Å². The van der Waals surface area contributed by atoms with Gasteiger partial charge in [-0.15, -0.1) is 0 Å². The molecule has 0 saturated carbocycles. The normalized spacial score (nSPS) is 12.9. The summed E-state index contributed by atoms with van der Waals surface area (Å²) in [6.45, 7) is 3.63. The minimum Gasteiger partial charge on any atom is -0.497 e. The number of halogens is 3. The highest BCUT2D eigenvalue weighted by Gasteiger charge is 2.38. The molecule has 0 aromatic heterocycles. The van der Waals surface area contributed by atoms with Crippen LogP contribution in [0.5, 0.6) is 5.75 Å². The summed E-state index contributed by atoms with van der Waals surface area (Å²) in [5.74, 6) is -2.53. The summed E-state index contributed by atoms with van der Waals surface area (Å²) in [4.78, 5) is 32.5. The number of hydrogen-bond donors (Lipinski definition) is 4. The molecule has 5 N–H and O–H groups in total. The molecule has 0 aliphatic carbocycles. The van der Waals surface area contributed by atoms with Gasteiger partial charge in [0.15, 0.2) is 0 Å². The fraction of sp³-hybridized carbons (Fsp3) is 0.421. The number of carbonyl (C=O) groups is 3. The first-order valence-corrected chi connectivity index (χ1v) is 8.90. The topological polar surface area (TPSA) is 131 Å². The first kappa shape index (κ1) is 26.9. The van der Waals surface area contributed by atoms with Gasteiger partial charge in [0, 0.05) is 17.8 Å². The maximum atomic E-state index is 11.9. The average molecular weight is 433 g/mol. The quantitative estimate of drug-likeness (QED) is 0.466. The molecule has 0 fully saturated rings. The molecule has 0 bridgehead atoms. The van der Waals surface area contributed by atoms with Crippen molar-refractivity contribution < 1.29 is 37.4 Å². The summed E-state index contributed by atoms with van der Waals surface area (Å²) in [6, 6.07) is 6.26. The van der Waals surface area contributed by atoms with E-state index in [1.54, 1.807) is 44.4 Å². The van der Waals surface area contributed by atoms with Crippen LogP contribution in [0.15, 0.2) is 36.4 Å². The highest BCUT2D eigenvalue weighted by Crippen LogP contribution is 2.15. The van der Waals surface area contributed by atoms with E-state index in [2.05, 4.69) is 10.6 Å². The fourth-order valence-corrected chi connectivity index (χ4v) is 1.90. The number of nitrogens with one attached hydrogen (secondary N) is 2. The number of amides is 2. The smallest absolute Gasteiger partial charge is 0.490 e.